The number of esters is 2. The number of phenolic OH excluding ortho intramolecular Hbond substituents is 6. The first kappa shape index (κ1) is 56.7. The summed E-state index contributed by atoms with van der Waals surface area (Å²) in [6.07, 6.45) is -24.1. The molecule has 4 aliphatic heterocycles. The minimum absolute atomic E-state index is 0.0102. The Morgan fingerprint density at radius 1 is 0.500 bits per heavy atom. The molecular weight excluding hydrogens is 1040 g/mol. The molecule has 0 bridgehead atoms. The second kappa shape index (κ2) is 24.0. The fourth-order valence-corrected chi connectivity index (χ4v) is 8.35. The highest BCUT2D eigenvalue weighted by atomic mass is 16.7. The quantitative estimate of drug-likeness (QED) is 0.0331. The molecule has 4 heterocycles. The molecule has 3 saturated heterocycles. The highest BCUT2D eigenvalue weighted by Crippen LogP contribution is 2.48. The fraction of sp³-hybridized carbons (Fsp3) is 0.373. The summed E-state index contributed by atoms with van der Waals surface area (Å²) in [5, 5.41) is 169. The zero-order valence-electron chi connectivity index (χ0n) is 40.2. The van der Waals surface area contributed by atoms with Crippen LogP contribution in [0.2, 0.25) is 0 Å². The van der Waals surface area contributed by atoms with Crippen molar-refractivity contribution in [3.63, 3.8) is 0 Å². The van der Waals surface area contributed by atoms with Gasteiger partial charge >= 0.3 is 11.9 Å². The van der Waals surface area contributed by atoms with Gasteiger partial charge in [-0.1, -0.05) is 18.2 Å². The van der Waals surface area contributed by atoms with Crippen LogP contribution in [0.1, 0.15) is 28.4 Å². The summed E-state index contributed by atoms with van der Waals surface area (Å²) in [6.45, 7) is -2.32. The zero-order valence-corrected chi connectivity index (χ0v) is 40.2. The Morgan fingerprint density at radius 3 is 1.58 bits per heavy atom. The van der Waals surface area contributed by atoms with Crippen molar-refractivity contribution in [2.45, 2.75) is 98.2 Å². The van der Waals surface area contributed by atoms with Crippen molar-refractivity contribution in [1.29, 1.82) is 0 Å². The van der Waals surface area contributed by atoms with Crippen LogP contribution in [0.15, 0.2) is 84.6 Å². The Hall–Kier alpha value is -7.48. The van der Waals surface area contributed by atoms with Crippen molar-refractivity contribution < 1.29 is 134 Å². The molecule has 0 saturated carbocycles. The molecule has 8 rings (SSSR count). The van der Waals surface area contributed by atoms with Crippen molar-refractivity contribution in [3.8, 4) is 51.7 Å². The Bertz CT molecular complexity index is 2870. The number of phenols is 6. The normalized spacial score (nSPS) is 30.9. The summed E-state index contributed by atoms with van der Waals surface area (Å²) in [5.41, 5.74) is 0.428. The Labute approximate surface area is 439 Å². The summed E-state index contributed by atoms with van der Waals surface area (Å²) in [7, 11) is 0. The van der Waals surface area contributed by atoms with Crippen LogP contribution < -0.4 is 14.2 Å². The van der Waals surface area contributed by atoms with Crippen molar-refractivity contribution in [2.24, 2.45) is 0 Å². The average molecular weight is 1100 g/mol. The van der Waals surface area contributed by atoms with Gasteiger partial charge in [-0.2, -0.15) is 0 Å². The molecule has 4 aromatic rings. The third kappa shape index (κ3) is 12.6. The molecule has 16 N–H and O–H groups in total. The molecule has 16 atom stereocenters. The van der Waals surface area contributed by atoms with Crippen molar-refractivity contribution in [3.05, 3.63) is 107 Å². The molecule has 4 aromatic carbocycles. The smallest absolute Gasteiger partial charge is 0.330 e. The molecule has 0 amide bonds. The third-order valence-corrected chi connectivity index (χ3v) is 12.7. The summed E-state index contributed by atoms with van der Waals surface area (Å²) >= 11 is 0. The van der Waals surface area contributed by atoms with E-state index in [2.05, 4.69) is 0 Å². The lowest BCUT2D eigenvalue weighted by Crippen LogP contribution is -2.60. The van der Waals surface area contributed by atoms with E-state index < -0.39 is 176 Å². The van der Waals surface area contributed by atoms with E-state index >= 15 is 0 Å². The van der Waals surface area contributed by atoms with E-state index in [9.17, 15) is 91.3 Å². The van der Waals surface area contributed by atoms with Gasteiger partial charge in [0.15, 0.2) is 29.1 Å². The van der Waals surface area contributed by atoms with Crippen molar-refractivity contribution in [1.82, 2.24) is 0 Å². The second-order valence-corrected chi connectivity index (χ2v) is 18.1. The first-order valence-corrected chi connectivity index (χ1v) is 23.6. The van der Waals surface area contributed by atoms with Gasteiger partial charge in [0, 0.05) is 29.8 Å². The van der Waals surface area contributed by atoms with Crippen molar-refractivity contribution >= 4 is 30.2 Å². The Balaban J connectivity index is 1.05. The van der Waals surface area contributed by atoms with E-state index in [0.29, 0.717) is 11.1 Å². The molecule has 27 nitrogen and oxygen atoms in total. The number of ether oxygens (including phenoxy) is 9. The standard InChI is InChI=1S/C51H54O27/c52-17-33-39(61)42(64)45(67)51(76-33)75-32-16-25-29(14-24(54)15-30(25)73-49-46(68)43(65)40(62)34(77-49)18-71-37(59)10-5-21-3-8-26(55)27(56)11-21)72-48(32)22-12-28(57)38(60)31(13-22)74-50-47(69)44(66)41(63)35(78-50)19-70-36(58)9-4-20-1-6-23(53)7-2-20/h1-16,33-35,39-57,60-69H,17-19H2. The van der Waals surface area contributed by atoms with Gasteiger partial charge in [0.1, 0.15) is 115 Å². The number of rotatable bonds is 16. The molecule has 27 heteroatoms. The first-order chi connectivity index (χ1) is 37.1. The Morgan fingerprint density at radius 2 is 1.01 bits per heavy atom. The van der Waals surface area contributed by atoms with E-state index in [1.165, 1.54) is 48.6 Å². The lowest BCUT2D eigenvalue weighted by molar-refractivity contribution is -0.293. The van der Waals surface area contributed by atoms with E-state index in [1.807, 2.05) is 0 Å². The number of benzene rings is 4. The average Bonchev–Trinajstić information content (AvgIpc) is 3.41. The van der Waals surface area contributed by atoms with E-state index in [4.69, 9.17) is 42.6 Å². The molecule has 0 aliphatic carbocycles. The van der Waals surface area contributed by atoms with Gasteiger partial charge in [0.05, 0.1) is 12.2 Å². The molecule has 4 aliphatic rings. The lowest BCUT2D eigenvalue weighted by atomic mass is 9.98. The molecule has 0 radical (unpaired) electrons. The van der Waals surface area contributed by atoms with Gasteiger partial charge in [-0.15, -0.1) is 0 Å². The van der Waals surface area contributed by atoms with Gasteiger partial charge < -0.3 is 124 Å². The fourth-order valence-electron chi connectivity index (χ4n) is 8.35. The maximum atomic E-state index is 12.6. The number of carbonyl (C=O) groups is 2. The summed E-state index contributed by atoms with van der Waals surface area (Å²) < 4.78 is 51.4. The van der Waals surface area contributed by atoms with E-state index in [1.54, 1.807) is 0 Å². The second-order valence-electron chi connectivity index (χ2n) is 18.1. The topological polar surface area (TPSA) is 441 Å². The van der Waals surface area contributed by atoms with Crippen LogP contribution >= 0.6 is 0 Å². The predicted molar refractivity (Wildman–Crippen MR) is 257 cm³/mol. The lowest BCUT2D eigenvalue weighted by Gasteiger charge is -2.41. The summed E-state index contributed by atoms with van der Waals surface area (Å²) in [5.74, 6) is -7.08. The third-order valence-electron chi connectivity index (χ3n) is 12.7. The summed E-state index contributed by atoms with van der Waals surface area (Å²) in [6, 6.07) is 13.5. The van der Waals surface area contributed by atoms with Crippen LogP contribution in [0.4, 0.5) is 0 Å². The van der Waals surface area contributed by atoms with Gasteiger partial charge in [-0.05, 0) is 65.8 Å². The van der Waals surface area contributed by atoms with Gasteiger partial charge in [-0.25, -0.2) is 9.59 Å². The van der Waals surface area contributed by atoms with Crippen LogP contribution in [-0.2, 0) is 38.0 Å². The number of fused-ring (bicyclic) bond motifs is 1. The minimum atomic E-state index is -2.06. The molecule has 78 heavy (non-hydrogen) atoms. The minimum Gasteiger partial charge on any atom is -0.508 e. The molecule has 0 aromatic heterocycles. The number of aliphatic hydroxyl groups is 10. The van der Waals surface area contributed by atoms with Gasteiger partial charge in [-0.3, -0.25) is 0 Å². The van der Waals surface area contributed by atoms with E-state index in [-0.39, 0.29) is 22.6 Å². The highest BCUT2D eigenvalue weighted by molar-refractivity contribution is 5.87. The van der Waals surface area contributed by atoms with Crippen LogP contribution in [0, 0.1) is 0 Å². The van der Waals surface area contributed by atoms with Crippen LogP contribution in [0.3, 0.4) is 0 Å². The van der Waals surface area contributed by atoms with Crippen molar-refractivity contribution in [2.75, 3.05) is 19.8 Å². The summed E-state index contributed by atoms with van der Waals surface area (Å²) in [4.78, 5) is 25.1. The maximum Gasteiger partial charge on any atom is 0.330 e. The maximum absolute atomic E-state index is 12.6. The molecule has 420 valence electrons. The number of carbonyl (C=O) groups excluding carboxylic acids is 2. The molecule has 16 unspecified atom stereocenters. The molecule has 0 spiro atoms. The van der Waals surface area contributed by atoms with Crippen LogP contribution in [0.5, 0.6) is 51.7 Å². The zero-order chi connectivity index (χ0) is 56.3. The number of hydrogen-bond acceptors (Lipinski definition) is 27. The van der Waals surface area contributed by atoms with Crippen LogP contribution in [0.25, 0.3) is 18.2 Å². The van der Waals surface area contributed by atoms with Gasteiger partial charge in [0.2, 0.25) is 24.6 Å². The molecule has 3 fully saturated rings. The number of aliphatic hydroxyl groups excluding tert-OH is 10. The SMILES string of the molecule is O=C(C=Cc1ccc(O)cc1)OCC1OC(Oc2cc(C3Oc4cc(O)cc(OC5OC(COC(=O)C=Cc6ccc(O)c(O)c6)C(O)C(O)C5O)c4C=C3OC3OC(CO)C(O)C(O)C3O)cc(O)c2O)C(O)C(O)C1O. The van der Waals surface area contributed by atoms with Crippen LogP contribution in [-0.4, -0.2) is 206 Å². The predicted octanol–water partition coefficient (Wildman–Crippen LogP) is -1.90. The number of hydrogen-bond donors (Lipinski definition) is 16. The van der Waals surface area contributed by atoms with Gasteiger partial charge in [0.25, 0.3) is 0 Å². The largest absolute Gasteiger partial charge is 0.508 e. The number of aromatic hydroxyl groups is 6. The monoisotopic (exact) mass is 1100 g/mol. The first-order valence-electron chi connectivity index (χ1n) is 23.6. The van der Waals surface area contributed by atoms with E-state index in [0.717, 1.165) is 48.6 Å². The highest BCUT2D eigenvalue weighted by Gasteiger charge is 2.49. The molecular formula is C51H54O27. The Kier molecular flexibility index (Phi) is 17.5.